The summed E-state index contributed by atoms with van der Waals surface area (Å²) in [5.74, 6) is 0. The Morgan fingerprint density at radius 1 is 1.16 bits per heavy atom. The third kappa shape index (κ3) is 2.76. The molecule has 2 rings (SSSR count). The number of anilines is 2. The number of amides is 2. The van der Waals surface area contributed by atoms with E-state index < -0.39 is 6.03 Å². The Hall–Kier alpha value is -2.29. The molecule has 0 aliphatic heterocycles. The van der Waals surface area contributed by atoms with Crippen LogP contribution >= 0.6 is 0 Å². The summed E-state index contributed by atoms with van der Waals surface area (Å²) < 4.78 is 0. The van der Waals surface area contributed by atoms with Crippen LogP contribution in [-0.4, -0.2) is 6.03 Å². The van der Waals surface area contributed by atoms with E-state index in [9.17, 15) is 4.79 Å². The van der Waals surface area contributed by atoms with Crippen LogP contribution in [-0.2, 0) is 6.42 Å². The summed E-state index contributed by atoms with van der Waals surface area (Å²) in [6.45, 7) is 4.10. The zero-order valence-corrected chi connectivity index (χ0v) is 11.3. The summed E-state index contributed by atoms with van der Waals surface area (Å²) in [5, 5.41) is 0. The Bertz CT molecular complexity index is 579. The van der Waals surface area contributed by atoms with E-state index in [-0.39, 0.29) is 0 Å². The summed E-state index contributed by atoms with van der Waals surface area (Å²) in [6, 6.07) is 15.0. The van der Waals surface area contributed by atoms with Crippen molar-refractivity contribution in [2.75, 3.05) is 4.90 Å². The van der Waals surface area contributed by atoms with Crippen LogP contribution in [0.25, 0.3) is 0 Å². The quantitative estimate of drug-likeness (QED) is 0.890. The average molecular weight is 254 g/mol. The Labute approximate surface area is 113 Å². The van der Waals surface area contributed by atoms with Gasteiger partial charge in [-0.15, -0.1) is 0 Å². The number of nitrogens with two attached hydrogens (primary N) is 1. The van der Waals surface area contributed by atoms with Gasteiger partial charge in [-0.1, -0.05) is 37.3 Å². The first-order chi connectivity index (χ1) is 9.13. The van der Waals surface area contributed by atoms with Gasteiger partial charge in [-0.2, -0.15) is 0 Å². The molecule has 0 aromatic heterocycles. The van der Waals surface area contributed by atoms with Crippen molar-refractivity contribution in [3.63, 3.8) is 0 Å². The number of para-hydroxylation sites is 1. The number of hydrogen-bond donors (Lipinski definition) is 1. The molecule has 2 aromatic carbocycles. The predicted molar refractivity (Wildman–Crippen MR) is 78.7 cm³/mol. The summed E-state index contributed by atoms with van der Waals surface area (Å²) in [4.78, 5) is 13.3. The molecule has 3 nitrogen and oxygen atoms in total. The fourth-order valence-corrected chi connectivity index (χ4v) is 2.15. The topological polar surface area (TPSA) is 46.3 Å². The molecule has 0 fully saturated rings. The van der Waals surface area contributed by atoms with Crippen molar-refractivity contribution in [1.29, 1.82) is 0 Å². The van der Waals surface area contributed by atoms with Crippen molar-refractivity contribution in [3.8, 4) is 0 Å². The molecule has 0 aliphatic rings. The van der Waals surface area contributed by atoms with E-state index in [1.165, 1.54) is 10.5 Å². The van der Waals surface area contributed by atoms with Crippen LogP contribution in [0.5, 0.6) is 0 Å². The molecule has 0 bridgehead atoms. The molecule has 0 spiro atoms. The second-order valence-corrected chi connectivity index (χ2v) is 4.48. The van der Waals surface area contributed by atoms with Crippen LogP contribution in [0.3, 0.4) is 0 Å². The number of aryl methyl sites for hydroxylation is 2. The second kappa shape index (κ2) is 5.57. The molecule has 2 N–H and O–H groups in total. The summed E-state index contributed by atoms with van der Waals surface area (Å²) in [5.41, 5.74) is 9.43. The normalized spacial score (nSPS) is 10.2. The molecular weight excluding hydrogens is 236 g/mol. The predicted octanol–water partition coefficient (Wildman–Crippen LogP) is 3.77. The van der Waals surface area contributed by atoms with Crippen LogP contribution in [0.4, 0.5) is 16.2 Å². The Kier molecular flexibility index (Phi) is 3.85. The van der Waals surface area contributed by atoms with Crippen molar-refractivity contribution >= 4 is 17.4 Å². The molecule has 0 aliphatic carbocycles. The number of primary amides is 1. The van der Waals surface area contributed by atoms with E-state index in [1.54, 1.807) is 0 Å². The summed E-state index contributed by atoms with van der Waals surface area (Å²) in [7, 11) is 0. The largest absolute Gasteiger partial charge is 0.351 e. The van der Waals surface area contributed by atoms with Gasteiger partial charge in [0, 0.05) is 0 Å². The molecule has 0 unspecified atom stereocenters. The van der Waals surface area contributed by atoms with Gasteiger partial charge in [0.1, 0.15) is 0 Å². The molecule has 98 valence electrons. The van der Waals surface area contributed by atoms with Gasteiger partial charge < -0.3 is 5.73 Å². The van der Waals surface area contributed by atoms with Gasteiger partial charge in [0.2, 0.25) is 0 Å². The number of benzene rings is 2. The molecule has 2 amide bonds. The highest BCUT2D eigenvalue weighted by atomic mass is 16.2. The van der Waals surface area contributed by atoms with Gasteiger partial charge in [-0.25, -0.2) is 4.79 Å². The molecule has 0 atom stereocenters. The molecule has 0 heterocycles. The zero-order chi connectivity index (χ0) is 13.8. The molecule has 0 saturated carbocycles. The van der Waals surface area contributed by atoms with E-state index in [0.29, 0.717) is 0 Å². The molecular formula is C16H18N2O. The first-order valence-corrected chi connectivity index (χ1v) is 6.37. The lowest BCUT2D eigenvalue weighted by Gasteiger charge is -2.23. The zero-order valence-electron chi connectivity index (χ0n) is 11.3. The minimum absolute atomic E-state index is 0.474. The van der Waals surface area contributed by atoms with Crippen molar-refractivity contribution in [2.24, 2.45) is 5.73 Å². The fourth-order valence-electron chi connectivity index (χ4n) is 2.15. The Morgan fingerprint density at radius 2 is 1.84 bits per heavy atom. The molecule has 0 radical (unpaired) electrons. The van der Waals surface area contributed by atoms with E-state index in [0.717, 1.165) is 23.4 Å². The van der Waals surface area contributed by atoms with Crippen LogP contribution in [0, 0.1) is 6.92 Å². The Morgan fingerprint density at radius 3 is 2.37 bits per heavy atom. The number of carbonyl (C=O) groups excluding carboxylic acids is 1. The minimum Gasteiger partial charge on any atom is -0.351 e. The van der Waals surface area contributed by atoms with Crippen molar-refractivity contribution in [3.05, 3.63) is 59.7 Å². The lowest BCUT2D eigenvalue weighted by molar-refractivity contribution is 0.256. The SMILES string of the molecule is CCc1ccc(N(C(N)=O)c2ccccc2)c(C)c1. The third-order valence-corrected chi connectivity index (χ3v) is 3.15. The average Bonchev–Trinajstić information content (AvgIpc) is 2.41. The highest BCUT2D eigenvalue weighted by Crippen LogP contribution is 2.28. The van der Waals surface area contributed by atoms with Gasteiger partial charge in [-0.05, 0) is 42.7 Å². The molecule has 19 heavy (non-hydrogen) atoms. The number of hydrogen-bond acceptors (Lipinski definition) is 1. The number of nitrogens with zero attached hydrogens (tertiary/aromatic N) is 1. The van der Waals surface area contributed by atoms with Crippen molar-refractivity contribution in [2.45, 2.75) is 20.3 Å². The number of carbonyl (C=O) groups is 1. The lowest BCUT2D eigenvalue weighted by Crippen LogP contribution is -2.31. The summed E-state index contributed by atoms with van der Waals surface area (Å²) >= 11 is 0. The van der Waals surface area contributed by atoms with Gasteiger partial charge in [0.25, 0.3) is 0 Å². The van der Waals surface area contributed by atoms with E-state index in [4.69, 9.17) is 5.73 Å². The van der Waals surface area contributed by atoms with Crippen molar-refractivity contribution in [1.82, 2.24) is 0 Å². The van der Waals surface area contributed by atoms with Crippen LogP contribution in [0.2, 0.25) is 0 Å². The second-order valence-electron chi connectivity index (χ2n) is 4.48. The van der Waals surface area contributed by atoms with Gasteiger partial charge in [-0.3, -0.25) is 4.90 Å². The summed E-state index contributed by atoms with van der Waals surface area (Å²) in [6.07, 6.45) is 0.975. The minimum atomic E-state index is -0.474. The maximum absolute atomic E-state index is 11.8. The third-order valence-electron chi connectivity index (χ3n) is 3.15. The van der Waals surface area contributed by atoms with E-state index >= 15 is 0 Å². The monoisotopic (exact) mass is 254 g/mol. The van der Waals surface area contributed by atoms with Crippen LogP contribution < -0.4 is 10.6 Å². The molecule has 3 heteroatoms. The highest BCUT2D eigenvalue weighted by molar-refractivity contribution is 5.99. The van der Waals surface area contributed by atoms with E-state index in [1.807, 2.05) is 49.4 Å². The molecule has 0 saturated heterocycles. The highest BCUT2D eigenvalue weighted by Gasteiger charge is 2.16. The maximum atomic E-state index is 11.8. The number of urea groups is 1. The maximum Gasteiger partial charge on any atom is 0.323 e. The number of rotatable bonds is 3. The van der Waals surface area contributed by atoms with Gasteiger partial charge in [0.05, 0.1) is 11.4 Å². The Balaban J connectivity index is 2.49. The lowest BCUT2D eigenvalue weighted by atomic mass is 10.1. The van der Waals surface area contributed by atoms with Crippen molar-refractivity contribution < 1.29 is 4.79 Å². The molecule has 2 aromatic rings. The van der Waals surface area contributed by atoms with E-state index in [2.05, 4.69) is 13.0 Å². The van der Waals surface area contributed by atoms with Gasteiger partial charge >= 0.3 is 6.03 Å². The van der Waals surface area contributed by atoms with Gasteiger partial charge in [0.15, 0.2) is 0 Å². The van der Waals surface area contributed by atoms with Crippen LogP contribution in [0.15, 0.2) is 48.5 Å². The first kappa shape index (κ1) is 13.1. The standard InChI is InChI=1S/C16H18N2O/c1-3-13-9-10-15(12(2)11-13)18(16(17)19)14-7-5-4-6-8-14/h4-11H,3H2,1-2H3,(H2,17,19). The fraction of sp³-hybridized carbons (Fsp3) is 0.188. The first-order valence-electron chi connectivity index (χ1n) is 6.37. The van der Waals surface area contributed by atoms with Crippen LogP contribution in [0.1, 0.15) is 18.1 Å². The smallest absolute Gasteiger partial charge is 0.323 e.